The first-order valence-corrected chi connectivity index (χ1v) is 7.91. The highest BCUT2D eigenvalue weighted by Gasteiger charge is 2.25. The van der Waals surface area contributed by atoms with Crippen LogP contribution in [0.5, 0.6) is 5.75 Å². The molecule has 1 aromatic carbocycles. The topological polar surface area (TPSA) is 30.9 Å². The van der Waals surface area contributed by atoms with Gasteiger partial charge in [-0.25, -0.2) is 0 Å². The third-order valence-corrected chi connectivity index (χ3v) is 4.51. The molecule has 4 heteroatoms. The summed E-state index contributed by atoms with van der Waals surface area (Å²) in [7, 11) is 1.76. The van der Waals surface area contributed by atoms with Gasteiger partial charge in [-0.2, -0.15) is 0 Å². The Morgan fingerprint density at radius 3 is 2.71 bits per heavy atom. The molecule has 2 fully saturated rings. The van der Waals surface area contributed by atoms with Crippen LogP contribution in [0.3, 0.4) is 0 Å². The van der Waals surface area contributed by atoms with Crippen LogP contribution in [0.2, 0.25) is 0 Å². The Hall–Kier alpha value is -1.10. The highest BCUT2D eigenvalue weighted by atomic mass is 16.6. The number of methoxy groups -OCH3 is 1. The summed E-state index contributed by atoms with van der Waals surface area (Å²) in [6.07, 6.45) is 2.63. The molecule has 0 saturated carbocycles. The Balaban J connectivity index is 1.52. The fraction of sp³-hybridized carbons (Fsp3) is 0.647. The minimum absolute atomic E-state index is 0.251. The molecule has 0 unspecified atom stereocenters. The van der Waals surface area contributed by atoms with Crippen molar-refractivity contribution >= 4 is 0 Å². The van der Waals surface area contributed by atoms with Crippen molar-refractivity contribution in [3.63, 3.8) is 0 Å². The molecule has 0 N–H and O–H groups in total. The Morgan fingerprint density at radius 2 is 2.00 bits per heavy atom. The number of nitrogens with zero attached hydrogens (tertiary/aromatic N) is 1. The second-order valence-corrected chi connectivity index (χ2v) is 5.88. The van der Waals surface area contributed by atoms with Crippen LogP contribution in [-0.4, -0.2) is 57.6 Å². The Kier molecular flexibility index (Phi) is 5.12. The summed E-state index contributed by atoms with van der Waals surface area (Å²) < 4.78 is 16.7. The average Bonchev–Trinajstić information content (AvgIpc) is 2.56. The smallest absolute Gasteiger partial charge is 0.122 e. The molecule has 0 aliphatic carbocycles. The number of rotatable bonds is 4. The predicted octanol–water partition coefficient (Wildman–Crippen LogP) is 2.29. The molecule has 3 rings (SSSR count). The molecule has 4 nitrogen and oxygen atoms in total. The summed E-state index contributed by atoms with van der Waals surface area (Å²) in [6.45, 7) is 5.48. The van der Waals surface area contributed by atoms with Crippen LogP contribution in [0.15, 0.2) is 24.3 Å². The molecular weight excluding hydrogens is 266 g/mol. The van der Waals surface area contributed by atoms with Crippen LogP contribution in [0, 0.1) is 0 Å². The van der Waals surface area contributed by atoms with E-state index in [0.29, 0.717) is 5.92 Å². The molecule has 2 aliphatic heterocycles. The zero-order valence-electron chi connectivity index (χ0n) is 12.8. The summed E-state index contributed by atoms with van der Waals surface area (Å²) in [5.41, 5.74) is 1.36. The summed E-state index contributed by atoms with van der Waals surface area (Å²) >= 11 is 0. The number of hydrogen-bond acceptors (Lipinski definition) is 4. The number of ether oxygens (including phenoxy) is 3. The molecule has 2 heterocycles. The molecule has 1 atom stereocenters. The van der Waals surface area contributed by atoms with E-state index in [2.05, 4.69) is 23.1 Å². The van der Waals surface area contributed by atoms with Gasteiger partial charge in [-0.3, -0.25) is 0 Å². The largest absolute Gasteiger partial charge is 0.496 e. The Bertz CT molecular complexity index is 437. The molecule has 116 valence electrons. The molecule has 0 radical (unpaired) electrons. The first kappa shape index (κ1) is 14.8. The predicted molar refractivity (Wildman–Crippen MR) is 82.0 cm³/mol. The monoisotopic (exact) mass is 291 g/mol. The van der Waals surface area contributed by atoms with Gasteiger partial charge in [-0.15, -0.1) is 0 Å². The van der Waals surface area contributed by atoms with Crippen molar-refractivity contribution < 1.29 is 14.2 Å². The third-order valence-electron chi connectivity index (χ3n) is 4.51. The van der Waals surface area contributed by atoms with Crippen molar-refractivity contribution in [3.8, 4) is 5.75 Å². The van der Waals surface area contributed by atoms with Gasteiger partial charge < -0.3 is 19.1 Å². The first-order chi connectivity index (χ1) is 10.4. The van der Waals surface area contributed by atoms with Crippen molar-refractivity contribution in [2.75, 3.05) is 46.6 Å². The van der Waals surface area contributed by atoms with Crippen LogP contribution in [-0.2, 0) is 9.47 Å². The van der Waals surface area contributed by atoms with E-state index in [-0.39, 0.29) is 6.10 Å². The maximum Gasteiger partial charge on any atom is 0.122 e. The van der Waals surface area contributed by atoms with Gasteiger partial charge in [0.2, 0.25) is 0 Å². The van der Waals surface area contributed by atoms with Crippen LogP contribution in [0.1, 0.15) is 24.3 Å². The van der Waals surface area contributed by atoms with Gasteiger partial charge in [0.05, 0.1) is 33.0 Å². The molecule has 0 spiro atoms. The highest BCUT2D eigenvalue weighted by molar-refractivity contribution is 5.36. The Labute approximate surface area is 127 Å². The molecule has 0 amide bonds. The van der Waals surface area contributed by atoms with E-state index in [1.165, 1.54) is 18.4 Å². The van der Waals surface area contributed by atoms with Crippen molar-refractivity contribution in [2.45, 2.75) is 24.9 Å². The third kappa shape index (κ3) is 3.76. The SMILES string of the molecule is COc1ccccc1C1CCN(C[C@H]2COCCO2)CC1. The van der Waals surface area contributed by atoms with Crippen molar-refractivity contribution in [1.82, 2.24) is 4.90 Å². The number of hydrogen-bond donors (Lipinski definition) is 0. The number of likely N-dealkylation sites (tertiary alicyclic amines) is 1. The van der Waals surface area contributed by atoms with Crippen molar-refractivity contribution in [3.05, 3.63) is 29.8 Å². The zero-order valence-corrected chi connectivity index (χ0v) is 12.8. The quantitative estimate of drug-likeness (QED) is 0.851. The van der Waals surface area contributed by atoms with Crippen molar-refractivity contribution in [2.24, 2.45) is 0 Å². The van der Waals surface area contributed by atoms with Crippen LogP contribution >= 0.6 is 0 Å². The normalized spacial score (nSPS) is 24.9. The van der Waals surface area contributed by atoms with Crippen LogP contribution < -0.4 is 4.74 Å². The number of para-hydroxylation sites is 1. The van der Waals surface area contributed by atoms with Gasteiger partial charge in [0.15, 0.2) is 0 Å². The van der Waals surface area contributed by atoms with Gasteiger partial charge in [0, 0.05) is 6.54 Å². The maximum absolute atomic E-state index is 5.74. The van der Waals surface area contributed by atoms with E-state index in [1.54, 1.807) is 7.11 Å². The minimum atomic E-state index is 0.251. The summed E-state index contributed by atoms with van der Waals surface area (Å²) in [4.78, 5) is 2.51. The molecule has 21 heavy (non-hydrogen) atoms. The molecule has 2 saturated heterocycles. The standard InChI is InChI=1S/C17H25NO3/c1-19-17-5-3-2-4-16(17)14-6-8-18(9-7-14)12-15-13-20-10-11-21-15/h2-5,14-15H,6-13H2,1H3/t15-/m0/s1. The highest BCUT2D eigenvalue weighted by Crippen LogP contribution is 2.34. The van der Waals surface area contributed by atoms with E-state index in [4.69, 9.17) is 14.2 Å². The first-order valence-electron chi connectivity index (χ1n) is 7.91. The van der Waals surface area contributed by atoms with E-state index in [1.807, 2.05) is 6.07 Å². The van der Waals surface area contributed by atoms with Crippen LogP contribution in [0.4, 0.5) is 0 Å². The van der Waals surface area contributed by atoms with Gasteiger partial charge in [0.1, 0.15) is 5.75 Å². The molecule has 1 aromatic rings. The average molecular weight is 291 g/mol. The second kappa shape index (κ2) is 7.25. The maximum atomic E-state index is 5.74. The van der Waals surface area contributed by atoms with E-state index in [9.17, 15) is 0 Å². The molecular formula is C17H25NO3. The van der Waals surface area contributed by atoms with Gasteiger partial charge >= 0.3 is 0 Å². The Morgan fingerprint density at radius 1 is 1.19 bits per heavy atom. The lowest BCUT2D eigenvalue weighted by Gasteiger charge is -2.35. The number of benzene rings is 1. The van der Waals surface area contributed by atoms with Gasteiger partial charge in [-0.1, -0.05) is 18.2 Å². The van der Waals surface area contributed by atoms with E-state index >= 15 is 0 Å². The van der Waals surface area contributed by atoms with Crippen LogP contribution in [0.25, 0.3) is 0 Å². The molecule has 0 aromatic heterocycles. The zero-order chi connectivity index (χ0) is 14.5. The second-order valence-electron chi connectivity index (χ2n) is 5.88. The van der Waals surface area contributed by atoms with E-state index < -0.39 is 0 Å². The summed E-state index contributed by atoms with van der Waals surface area (Å²) in [6, 6.07) is 8.42. The fourth-order valence-electron chi connectivity index (χ4n) is 3.36. The van der Waals surface area contributed by atoms with Gasteiger partial charge in [-0.05, 0) is 43.5 Å². The van der Waals surface area contributed by atoms with E-state index in [0.717, 1.165) is 45.2 Å². The minimum Gasteiger partial charge on any atom is -0.496 e. The van der Waals surface area contributed by atoms with Gasteiger partial charge in [0.25, 0.3) is 0 Å². The van der Waals surface area contributed by atoms with Crippen molar-refractivity contribution in [1.29, 1.82) is 0 Å². The summed E-state index contributed by atoms with van der Waals surface area (Å²) in [5, 5.41) is 0. The lowest BCUT2D eigenvalue weighted by atomic mass is 9.88. The molecule has 2 aliphatic rings. The summed E-state index contributed by atoms with van der Waals surface area (Å²) in [5.74, 6) is 1.64. The number of piperidine rings is 1. The fourth-order valence-corrected chi connectivity index (χ4v) is 3.36. The lowest BCUT2D eigenvalue weighted by molar-refractivity contribution is -0.0988. The molecule has 0 bridgehead atoms. The lowest BCUT2D eigenvalue weighted by Crippen LogP contribution is -2.43.